The topological polar surface area (TPSA) is 56.5 Å². The van der Waals surface area contributed by atoms with Crippen LogP contribution in [0.1, 0.15) is 30.9 Å². The number of nitrogens with two attached hydrogens (primary N) is 1. The van der Waals surface area contributed by atoms with Crippen molar-refractivity contribution in [2.24, 2.45) is 11.7 Å². The Labute approximate surface area is 118 Å². The smallest absolute Gasteiger partial charge is 0.231 e. The summed E-state index contributed by atoms with van der Waals surface area (Å²) in [5.74, 6) is 2.27. The Morgan fingerprint density at radius 2 is 2.21 bits per heavy atom. The number of hydrogen-bond donors (Lipinski definition) is 2. The maximum Gasteiger partial charge on any atom is 0.231 e. The molecule has 3 N–H and O–H groups in total. The zero-order chi connectivity index (χ0) is 13.2. The molecule has 2 aliphatic rings. The van der Waals surface area contributed by atoms with Crippen molar-refractivity contribution in [3.63, 3.8) is 0 Å². The molecule has 1 unspecified atom stereocenters. The Morgan fingerprint density at radius 1 is 1.37 bits per heavy atom. The van der Waals surface area contributed by atoms with E-state index in [-0.39, 0.29) is 12.8 Å². The van der Waals surface area contributed by atoms with Crippen LogP contribution in [-0.4, -0.2) is 19.9 Å². The van der Waals surface area contributed by atoms with Crippen LogP contribution in [0.2, 0.25) is 5.02 Å². The van der Waals surface area contributed by atoms with Gasteiger partial charge in [-0.15, -0.1) is 0 Å². The first-order chi connectivity index (χ1) is 9.28. The van der Waals surface area contributed by atoms with Crippen molar-refractivity contribution < 1.29 is 9.47 Å². The molecule has 1 aromatic carbocycles. The predicted molar refractivity (Wildman–Crippen MR) is 74.7 cm³/mol. The highest BCUT2D eigenvalue weighted by atomic mass is 35.5. The Bertz CT molecular complexity index is 463. The Kier molecular flexibility index (Phi) is 3.82. The molecular formula is C14H19ClN2O2. The molecule has 1 heterocycles. The van der Waals surface area contributed by atoms with E-state index in [9.17, 15) is 0 Å². The third-order valence-corrected chi connectivity index (χ3v) is 4.01. The molecule has 0 amide bonds. The maximum absolute atomic E-state index is 6.20. The SMILES string of the molecule is NCC(NCCC1CC1)c1cc(Cl)c2c(c1)OCO2. The highest BCUT2D eigenvalue weighted by Crippen LogP contribution is 2.41. The third-order valence-electron chi connectivity index (χ3n) is 3.73. The second-order valence-electron chi connectivity index (χ2n) is 5.21. The van der Waals surface area contributed by atoms with Crippen LogP contribution < -0.4 is 20.5 Å². The first kappa shape index (κ1) is 13.0. The van der Waals surface area contributed by atoms with Gasteiger partial charge in [-0.2, -0.15) is 0 Å². The lowest BCUT2D eigenvalue weighted by atomic mass is 10.1. The Balaban J connectivity index is 1.69. The minimum atomic E-state index is 0.116. The van der Waals surface area contributed by atoms with Crippen molar-refractivity contribution in [3.8, 4) is 11.5 Å². The van der Waals surface area contributed by atoms with Crippen LogP contribution in [0, 0.1) is 5.92 Å². The molecule has 19 heavy (non-hydrogen) atoms. The normalized spacial score (nSPS) is 18.6. The summed E-state index contributed by atoms with van der Waals surface area (Å²) in [5.41, 5.74) is 6.92. The van der Waals surface area contributed by atoms with Crippen LogP contribution in [0.15, 0.2) is 12.1 Å². The lowest BCUT2D eigenvalue weighted by molar-refractivity contribution is 0.174. The molecule has 4 nitrogen and oxygen atoms in total. The van der Waals surface area contributed by atoms with Crippen molar-refractivity contribution in [1.29, 1.82) is 0 Å². The molecule has 1 aromatic rings. The van der Waals surface area contributed by atoms with Crippen LogP contribution in [0.4, 0.5) is 0 Å². The Hall–Kier alpha value is -0.970. The second-order valence-corrected chi connectivity index (χ2v) is 5.62. The number of nitrogens with one attached hydrogen (secondary N) is 1. The van der Waals surface area contributed by atoms with Crippen LogP contribution in [-0.2, 0) is 0 Å². The van der Waals surface area contributed by atoms with E-state index in [0.717, 1.165) is 18.0 Å². The van der Waals surface area contributed by atoms with Gasteiger partial charge in [0.15, 0.2) is 11.5 Å². The zero-order valence-corrected chi connectivity index (χ0v) is 11.6. The quantitative estimate of drug-likeness (QED) is 0.841. The largest absolute Gasteiger partial charge is 0.454 e. The fourth-order valence-corrected chi connectivity index (χ4v) is 2.67. The first-order valence-corrected chi connectivity index (χ1v) is 7.18. The average Bonchev–Trinajstić information content (AvgIpc) is 3.10. The molecule has 1 aliphatic heterocycles. The molecule has 1 atom stereocenters. The van der Waals surface area contributed by atoms with Crippen molar-refractivity contribution in [1.82, 2.24) is 5.32 Å². The summed E-state index contributed by atoms with van der Waals surface area (Å²) in [7, 11) is 0. The molecule has 0 radical (unpaired) electrons. The van der Waals surface area contributed by atoms with Crippen LogP contribution in [0.5, 0.6) is 11.5 Å². The molecule has 104 valence electrons. The van der Waals surface area contributed by atoms with Gasteiger partial charge in [0.25, 0.3) is 0 Å². The highest BCUT2D eigenvalue weighted by Gasteiger charge is 2.23. The van der Waals surface area contributed by atoms with Gasteiger partial charge >= 0.3 is 0 Å². The van der Waals surface area contributed by atoms with Gasteiger partial charge in [-0.3, -0.25) is 0 Å². The summed E-state index contributed by atoms with van der Waals surface area (Å²) in [6.45, 7) is 1.78. The zero-order valence-electron chi connectivity index (χ0n) is 10.8. The number of fused-ring (bicyclic) bond motifs is 1. The first-order valence-electron chi connectivity index (χ1n) is 6.80. The van der Waals surface area contributed by atoms with Crippen molar-refractivity contribution in [2.45, 2.75) is 25.3 Å². The fourth-order valence-electron chi connectivity index (χ4n) is 2.39. The molecule has 5 heteroatoms. The van der Waals surface area contributed by atoms with Gasteiger partial charge in [-0.25, -0.2) is 0 Å². The monoisotopic (exact) mass is 282 g/mol. The summed E-state index contributed by atoms with van der Waals surface area (Å²) in [6, 6.07) is 4.00. The molecular weight excluding hydrogens is 264 g/mol. The van der Waals surface area contributed by atoms with E-state index < -0.39 is 0 Å². The van der Waals surface area contributed by atoms with E-state index in [2.05, 4.69) is 5.32 Å². The summed E-state index contributed by atoms with van der Waals surface area (Å²) in [6.07, 6.45) is 3.99. The molecule has 0 saturated heterocycles. The molecule has 0 aromatic heterocycles. The number of ether oxygens (including phenoxy) is 2. The standard InChI is InChI=1S/C14H19ClN2O2/c15-11-5-10(6-13-14(11)19-8-18-13)12(7-16)17-4-3-9-1-2-9/h5-6,9,12,17H,1-4,7-8,16H2. The molecule has 1 aliphatic carbocycles. The van der Waals surface area contributed by atoms with Gasteiger partial charge in [0.2, 0.25) is 6.79 Å². The summed E-state index contributed by atoms with van der Waals surface area (Å²) in [5, 5.41) is 4.09. The predicted octanol–water partition coefficient (Wildman–Crippen LogP) is 2.46. The molecule has 1 fully saturated rings. The summed E-state index contributed by atoms with van der Waals surface area (Å²) in [4.78, 5) is 0. The fraction of sp³-hybridized carbons (Fsp3) is 0.571. The minimum Gasteiger partial charge on any atom is -0.454 e. The van der Waals surface area contributed by atoms with Crippen molar-refractivity contribution in [3.05, 3.63) is 22.7 Å². The summed E-state index contributed by atoms with van der Waals surface area (Å²) >= 11 is 6.20. The molecule has 0 bridgehead atoms. The average molecular weight is 283 g/mol. The second kappa shape index (κ2) is 5.57. The molecule has 1 saturated carbocycles. The van der Waals surface area contributed by atoms with E-state index in [1.807, 2.05) is 12.1 Å². The van der Waals surface area contributed by atoms with E-state index in [0.29, 0.717) is 23.1 Å². The van der Waals surface area contributed by atoms with E-state index in [1.165, 1.54) is 19.3 Å². The van der Waals surface area contributed by atoms with E-state index in [1.54, 1.807) is 0 Å². The van der Waals surface area contributed by atoms with Gasteiger partial charge < -0.3 is 20.5 Å². The lowest BCUT2D eigenvalue weighted by Crippen LogP contribution is -2.29. The number of hydrogen-bond acceptors (Lipinski definition) is 4. The lowest BCUT2D eigenvalue weighted by Gasteiger charge is -2.18. The molecule has 0 spiro atoms. The maximum atomic E-state index is 6.20. The molecule has 3 rings (SSSR count). The third kappa shape index (κ3) is 2.96. The number of rotatable bonds is 6. The van der Waals surface area contributed by atoms with Crippen LogP contribution >= 0.6 is 11.6 Å². The van der Waals surface area contributed by atoms with Crippen LogP contribution in [0.3, 0.4) is 0 Å². The van der Waals surface area contributed by atoms with Gasteiger partial charge in [0.05, 0.1) is 5.02 Å². The van der Waals surface area contributed by atoms with Crippen molar-refractivity contribution in [2.75, 3.05) is 19.9 Å². The van der Waals surface area contributed by atoms with Gasteiger partial charge in [0, 0.05) is 12.6 Å². The number of halogens is 1. The van der Waals surface area contributed by atoms with Gasteiger partial charge in [-0.1, -0.05) is 24.4 Å². The number of benzene rings is 1. The van der Waals surface area contributed by atoms with E-state index >= 15 is 0 Å². The van der Waals surface area contributed by atoms with Gasteiger partial charge in [-0.05, 0) is 36.6 Å². The van der Waals surface area contributed by atoms with Crippen LogP contribution in [0.25, 0.3) is 0 Å². The van der Waals surface area contributed by atoms with Crippen molar-refractivity contribution >= 4 is 11.6 Å². The summed E-state index contributed by atoms with van der Waals surface area (Å²) < 4.78 is 10.7. The Morgan fingerprint density at radius 3 is 2.95 bits per heavy atom. The highest BCUT2D eigenvalue weighted by molar-refractivity contribution is 6.32. The van der Waals surface area contributed by atoms with Gasteiger partial charge in [0.1, 0.15) is 0 Å². The minimum absolute atomic E-state index is 0.116. The van der Waals surface area contributed by atoms with E-state index in [4.69, 9.17) is 26.8 Å².